The SMILES string of the molecule is Cc1cc(N)ccc1NC(=O)c1ccc(-c2ccccc2F)o1. The number of hydrogen-bond donors (Lipinski definition) is 2. The molecule has 0 radical (unpaired) electrons. The van der Waals surface area contributed by atoms with E-state index < -0.39 is 11.7 Å². The lowest BCUT2D eigenvalue weighted by atomic mass is 10.1. The van der Waals surface area contributed by atoms with Crippen molar-refractivity contribution in [2.75, 3.05) is 11.1 Å². The van der Waals surface area contributed by atoms with Crippen LogP contribution in [0.5, 0.6) is 0 Å². The summed E-state index contributed by atoms with van der Waals surface area (Å²) in [6, 6.07) is 14.5. The molecule has 0 unspecified atom stereocenters. The summed E-state index contributed by atoms with van der Waals surface area (Å²) in [5.41, 5.74) is 8.12. The average molecular weight is 310 g/mol. The number of furan rings is 1. The van der Waals surface area contributed by atoms with Gasteiger partial charge in [-0.1, -0.05) is 12.1 Å². The van der Waals surface area contributed by atoms with E-state index in [1.807, 2.05) is 6.92 Å². The van der Waals surface area contributed by atoms with Gasteiger partial charge < -0.3 is 15.5 Å². The van der Waals surface area contributed by atoms with E-state index in [0.29, 0.717) is 22.7 Å². The van der Waals surface area contributed by atoms with Gasteiger partial charge in [0.15, 0.2) is 5.76 Å². The van der Waals surface area contributed by atoms with Gasteiger partial charge in [0.2, 0.25) is 0 Å². The molecule has 1 aromatic heterocycles. The first-order chi connectivity index (χ1) is 11.0. The number of nitrogens with two attached hydrogens (primary N) is 1. The van der Waals surface area contributed by atoms with Crippen LogP contribution in [-0.2, 0) is 0 Å². The standard InChI is InChI=1S/C18H15FN2O2/c1-11-10-12(20)6-7-15(11)21-18(22)17-9-8-16(23-17)13-4-2-3-5-14(13)19/h2-10H,20H2,1H3,(H,21,22). The summed E-state index contributed by atoms with van der Waals surface area (Å²) in [4.78, 5) is 12.3. The van der Waals surface area contributed by atoms with Crippen molar-refractivity contribution >= 4 is 17.3 Å². The zero-order chi connectivity index (χ0) is 16.4. The largest absolute Gasteiger partial charge is 0.451 e. The van der Waals surface area contributed by atoms with Gasteiger partial charge in [-0.2, -0.15) is 0 Å². The van der Waals surface area contributed by atoms with Gasteiger partial charge in [-0.05, 0) is 55.0 Å². The van der Waals surface area contributed by atoms with E-state index in [1.165, 1.54) is 12.1 Å². The Morgan fingerprint density at radius 2 is 1.91 bits per heavy atom. The quantitative estimate of drug-likeness (QED) is 0.711. The number of nitrogens with one attached hydrogen (secondary N) is 1. The molecule has 0 saturated carbocycles. The zero-order valence-corrected chi connectivity index (χ0v) is 12.5. The molecule has 3 aromatic rings. The molecule has 0 aliphatic rings. The second-order valence-electron chi connectivity index (χ2n) is 5.17. The highest BCUT2D eigenvalue weighted by atomic mass is 19.1. The summed E-state index contributed by atoms with van der Waals surface area (Å²) < 4.78 is 19.2. The molecule has 1 amide bonds. The zero-order valence-electron chi connectivity index (χ0n) is 12.5. The van der Waals surface area contributed by atoms with Gasteiger partial charge in [0.25, 0.3) is 5.91 Å². The van der Waals surface area contributed by atoms with Gasteiger partial charge in [-0.3, -0.25) is 4.79 Å². The highest BCUT2D eigenvalue weighted by molar-refractivity contribution is 6.03. The molecule has 116 valence electrons. The summed E-state index contributed by atoms with van der Waals surface area (Å²) >= 11 is 0. The van der Waals surface area contributed by atoms with Crippen LogP contribution in [0.25, 0.3) is 11.3 Å². The maximum atomic E-state index is 13.8. The molecule has 23 heavy (non-hydrogen) atoms. The normalized spacial score (nSPS) is 10.5. The van der Waals surface area contributed by atoms with E-state index in [0.717, 1.165) is 5.56 Å². The molecule has 0 spiro atoms. The molecule has 0 saturated heterocycles. The molecule has 0 fully saturated rings. The maximum absolute atomic E-state index is 13.8. The van der Waals surface area contributed by atoms with E-state index in [-0.39, 0.29) is 5.76 Å². The molecule has 5 heteroatoms. The van der Waals surface area contributed by atoms with E-state index in [4.69, 9.17) is 10.2 Å². The third-order valence-electron chi connectivity index (χ3n) is 3.47. The fraction of sp³-hybridized carbons (Fsp3) is 0.0556. The molecule has 2 aromatic carbocycles. The van der Waals surface area contributed by atoms with E-state index in [9.17, 15) is 9.18 Å². The van der Waals surface area contributed by atoms with Gasteiger partial charge in [0, 0.05) is 11.4 Å². The predicted octanol–water partition coefficient (Wildman–Crippen LogP) is 4.23. The number of aryl methyl sites for hydroxylation is 1. The van der Waals surface area contributed by atoms with Crippen molar-refractivity contribution in [3.05, 3.63) is 71.7 Å². The fourth-order valence-corrected chi connectivity index (χ4v) is 2.28. The van der Waals surface area contributed by atoms with Crippen LogP contribution < -0.4 is 11.1 Å². The van der Waals surface area contributed by atoms with Crippen molar-refractivity contribution in [3.8, 4) is 11.3 Å². The van der Waals surface area contributed by atoms with Crippen molar-refractivity contribution in [2.24, 2.45) is 0 Å². The minimum atomic E-state index is -0.402. The molecule has 3 rings (SSSR count). The number of rotatable bonds is 3. The Morgan fingerprint density at radius 3 is 2.65 bits per heavy atom. The molecule has 0 atom stereocenters. The number of carbonyl (C=O) groups is 1. The van der Waals surface area contributed by atoms with Gasteiger partial charge >= 0.3 is 0 Å². The van der Waals surface area contributed by atoms with Crippen LogP contribution in [0.2, 0.25) is 0 Å². The average Bonchev–Trinajstić information content (AvgIpc) is 3.00. The molecular formula is C18H15FN2O2. The number of carbonyl (C=O) groups excluding carboxylic acids is 1. The van der Waals surface area contributed by atoms with Gasteiger partial charge in [0.1, 0.15) is 11.6 Å². The lowest BCUT2D eigenvalue weighted by Gasteiger charge is -2.07. The Labute approximate surface area is 132 Å². The van der Waals surface area contributed by atoms with Crippen molar-refractivity contribution in [3.63, 3.8) is 0 Å². The summed E-state index contributed by atoms with van der Waals surface area (Å²) in [7, 11) is 0. The third-order valence-corrected chi connectivity index (χ3v) is 3.47. The number of amides is 1. The minimum Gasteiger partial charge on any atom is -0.451 e. The van der Waals surface area contributed by atoms with Crippen LogP contribution in [-0.4, -0.2) is 5.91 Å². The van der Waals surface area contributed by atoms with Crippen LogP contribution in [0.1, 0.15) is 16.1 Å². The second kappa shape index (κ2) is 5.96. The maximum Gasteiger partial charge on any atom is 0.291 e. The summed E-state index contributed by atoms with van der Waals surface area (Å²) in [6.07, 6.45) is 0. The minimum absolute atomic E-state index is 0.111. The van der Waals surface area contributed by atoms with Gasteiger partial charge in [0.05, 0.1) is 5.56 Å². The van der Waals surface area contributed by atoms with Crippen molar-refractivity contribution in [1.29, 1.82) is 0 Å². The Hall–Kier alpha value is -3.08. The Kier molecular flexibility index (Phi) is 3.85. The summed E-state index contributed by atoms with van der Waals surface area (Å²) in [5, 5.41) is 2.75. The first kappa shape index (κ1) is 14.8. The Bertz CT molecular complexity index is 871. The highest BCUT2D eigenvalue weighted by Gasteiger charge is 2.15. The van der Waals surface area contributed by atoms with Crippen LogP contribution >= 0.6 is 0 Å². The summed E-state index contributed by atoms with van der Waals surface area (Å²) in [5.74, 6) is -0.384. The smallest absolute Gasteiger partial charge is 0.291 e. The van der Waals surface area contributed by atoms with E-state index in [1.54, 1.807) is 42.5 Å². The fourth-order valence-electron chi connectivity index (χ4n) is 2.28. The molecule has 0 aliphatic carbocycles. The number of hydrogen-bond acceptors (Lipinski definition) is 3. The number of halogens is 1. The third kappa shape index (κ3) is 3.08. The molecule has 1 heterocycles. The monoisotopic (exact) mass is 310 g/mol. The first-order valence-electron chi connectivity index (χ1n) is 7.07. The number of benzene rings is 2. The highest BCUT2D eigenvalue weighted by Crippen LogP contribution is 2.25. The lowest BCUT2D eigenvalue weighted by Crippen LogP contribution is -2.11. The predicted molar refractivity (Wildman–Crippen MR) is 87.6 cm³/mol. The Morgan fingerprint density at radius 1 is 1.13 bits per heavy atom. The second-order valence-corrected chi connectivity index (χ2v) is 5.17. The molecule has 3 N–H and O–H groups in total. The van der Waals surface area contributed by atoms with E-state index >= 15 is 0 Å². The van der Waals surface area contributed by atoms with Crippen molar-refractivity contribution in [1.82, 2.24) is 0 Å². The number of anilines is 2. The van der Waals surface area contributed by atoms with Crippen molar-refractivity contribution < 1.29 is 13.6 Å². The Balaban J connectivity index is 1.83. The lowest BCUT2D eigenvalue weighted by molar-refractivity contribution is 0.0997. The van der Waals surface area contributed by atoms with Crippen LogP contribution in [0.15, 0.2) is 59.0 Å². The molecular weight excluding hydrogens is 295 g/mol. The summed E-state index contributed by atoms with van der Waals surface area (Å²) in [6.45, 7) is 1.85. The molecule has 0 bridgehead atoms. The molecule has 0 aliphatic heterocycles. The first-order valence-corrected chi connectivity index (χ1v) is 7.07. The topological polar surface area (TPSA) is 68.3 Å². The van der Waals surface area contributed by atoms with Crippen LogP contribution in [0.4, 0.5) is 15.8 Å². The van der Waals surface area contributed by atoms with Crippen molar-refractivity contribution in [2.45, 2.75) is 6.92 Å². The van der Waals surface area contributed by atoms with Gasteiger partial charge in [-0.25, -0.2) is 4.39 Å². The van der Waals surface area contributed by atoms with Crippen LogP contribution in [0, 0.1) is 12.7 Å². The van der Waals surface area contributed by atoms with Gasteiger partial charge in [-0.15, -0.1) is 0 Å². The molecule has 4 nitrogen and oxygen atoms in total. The van der Waals surface area contributed by atoms with E-state index in [2.05, 4.69) is 5.32 Å². The van der Waals surface area contributed by atoms with Crippen LogP contribution in [0.3, 0.4) is 0 Å². The number of nitrogen functional groups attached to an aromatic ring is 1.